The Bertz CT molecular complexity index is 1380. The molecule has 4 rings (SSSR count). The van der Waals surface area contributed by atoms with Crippen LogP contribution in [-0.2, 0) is 0 Å². The molecular formula is C25H26F4N6O2S. The zero-order valence-corrected chi connectivity index (χ0v) is 21.6. The minimum atomic E-state index is -4.56. The molecule has 3 N–H and O–H groups in total. The van der Waals surface area contributed by atoms with Crippen LogP contribution in [0.1, 0.15) is 16.1 Å². The number of carbonyl (C=O) groups excluding carboxylic acids is 1. The molecule has 0 unspecified atom stereocenters. The first-order valence-corrected chi connectivity index (χ1v) is 12.4. The number of halogens is 4. The van der Waals surface area contributed by atoms with Gasteiger partial charge in [0.15, 0.2) is 0 Å². The number of methoxy groups -OCH3 is 1. The molecule has 1 saturated heterocycles. The number of hydrogen-bond donors (Lipinski definition) is 3. The maximum absolute atomic E-state index is 14.4. The van der Waals surface area contributed by atoms with Crippen LogP contribution in [-0.4, -0.2) is 79.0 Å². The van der Waals surface area contributed by atoms with Crippen molar-refractivity contribution in [2.24, 2.45) is 0 Å². The van der Waals surface area contributed by atoms with Gasteiger partial charge in [-0.3, -0.25) is 4.79 Å². The molecule has 202 valence electrons. The number of likely N-dealkylation sites (N-methyl/N-ethyl adjacent to an activating group) is 1. The lowest BCUT2D eigenvalue weighted by Crippen LogP contribution is -2.30. The molecule has 0 bridgehead atoms. The molecule has 1 amide bonds. The van der Waals surface area contributed by atoms with Crippen molar-refractivity contribution < 1.29 is 27.1 Å². The fraction of sp³-hybridized carbons (Fsp3) is 0.360. The van der Waals surface area contributed by atoms with Gasteiger partial charge in [0, 0.05) is 25.7 Å². The highest BCUT2D eigenvalue weighted by molar-refractivity contribution is 8.00. The molecule has 1 aliphatic heterocycles. The van der Waals surface area contributed by atoms with E-state index in [9.17, 15) is 22.4 Å². The third kappa shape index (κ3) is 6.25. The summed E-state index contributed by atoms with van der Waals surface area (Å²) in [5, 5.41) is 13.0. The highest BCUT2D eigenvalue weighted by Crippen LogP contribution is 2.41. The SMILES string of the molecule is CNC(=O)c1ccc(OC)c(NCC#Cc2nn3c(N[C@@H]4CN(C)C[C@@H]4F)cccc3c2SC(F)(F)F)c1. The average molecular weight is 551 g/mol. The summed E-state index contributed by atoms with van der Waals surface area (Å²) in [6.07, 6.45) is -1.13. The van der Waals surface area contributed by atoms with Crippen LogP contribution < -0.4 is 20.7 Å². The first-order chi connectivity index (χ1) is 18.1. The van der Waals surface area contributed by atoms with Crippen molar-refractivity contribution in [1.82, 2.24) is 19.8 Å². The molecule has 1 fully saturated rings. The van der Waals surface area contributed by atoms with Crippen LogP contribution in [0.25, 0.3) is 5.52 Å². The number of aromatic nitrogens is 2. The summed E-state index contributed by atoms with van der Waals surface area (Å²) in [6, 6.07) is 9.04. The Kier molecular flexibility index (Phi) is 8.23. The fourth-order valence-corrected chi connectivity index (χ4v) is 4.81. The number of alkyl halides is 4. The van der Waals surface area contributed by atoms with E-state index in [0.29, 0.717) is 29.4 Å². The highest BCUT2D eigenvalue weighted by Gasteiger charge is 2.34. The van der Waals surface area contributed by atoms with E-state index in [2.05, 4.69) is 32.9 Å². The van der Waals surface area contributed by atoms with Crippen LogP contribution in [0, 0.1) is 11.8 Å². The molecule has 2 atom stereocenters. The average Bonchev–Trinajstić information content (AvgIpc) is 3.38. The number of rotatable bonds is 7. The lowest BCUT2D eigenvalue weighted by molar-refractivity contribution is -0.0327. The number of pyridine rings is 1. The minimum absolute atomic E-state index is 0.0423. The normalized spacial score (nSPS) is 17.7. The molecule has 38 heavy (non-hydrogen) atoms. The quantitative estimate of drug-likeness (QED) is 0.234. The predicted octanol–water partition coefficient (Wildman–Crippen LogP) is 3.84. The van der Waals surface area contributed by atoms with E-state index in [1.54, 1.807) is 37.4 Å². The lowest BCUT2D eigenvalue weighted by atomic mass is 10.1. The van der Waals surface area contributed by atoms with E-state index in [4.69, 9.17) is 4.74 Å². The van der Waals surface area contributed by atoms with Crippen molar-refractivity contribution in [3.8, 4) is 17.6 Å². The summed E-state index contributed by atoms with van der Waals surface area (Å²) < 4.78 is 61.3. The van der Waals surface area contributed by atoms with Crippen LogP contribution in [0.4, 0.5) is 29.1 Å². The molecule has 0 saturated carbocycles. The molecule has 3 aromatic rings. The van der Waals surface area contributed by atoms with Crippen molar-refractivity contribution in [3.05, 3.63) is 47.7 Å². The summed E-state index contributed by atoms with van der Waals surface area (Å²) in [4.78, 5) is 13.6. The first-order valence-electron chi connectivity index (χ1n) is 11.6. The summed E-state index contributed by atoms with van der Waals surface area (Å²) >= 11 is -0.297. The number of amides is 1. The van der Waals surface area contributed by atoms with Crippen LogP contribution in [0.15, 0.2) is 41.3 Å². The molecule has 13 heteroatoms. The number of nitrogens with zero attached hydrogens (tertiary/aromatic N) is 3. The van der Waals surface area contributed by atoms with Crippen molar-refractivity contribution in [2.75, 3.05) is 51.5 Å². The smallest absolute Gasteiger partial charge is 0.446 e. The van der Waals surface area contributed by atoms with E-state index in [1.165, 1.54) is 24.7 Å². The maximum atomic E-state index is 14.4. The number of carbonyl (C=O) groups is 1. The second-order valence-corrected chi connectivity index (χ2v) is 9.65. The third-order valence-corrected chi connectivity index (χ3v) is 6.70. The number of hydrogen-bond acceptors (Lipinski definition) is 7. The second kappa shape index (κ2) is 11.4. The second-order valence-electron chi connectivity index (χ2n) is 8.57. The van der Waals surface area contributed by atoms with Gasteiger partial charge in [0.05, 0.1) is 35.8 Å². The summed E-state index contributed by atoms with van der Waals surface area (Å²) in [5.74, 6) is 6.08. The molecule has 1 aliphatic rings. The monoisotopic (exact) mass is 550 g/mol. The van der Waals surface area contributed by atoms with Gasteiger partial charge >= 0.3 is 5.51 Å². The van der Waals surface area contributed by atoms with Gasteiger partial charge in [-0.05, 0) is 55.1 Å². The number of benzene rings is 1. The van der Waals surface area contributed by atoms with E-state index in [-0.39, 0.29) is 46.9 Å². The van der Waals surface area contributed by atoms with Gasteiger partial charge in [-0.25, -0.2) is 8.91 Å². The number of ether oxygens (including phenoxy) is 1. The molecular weight excluding hydrogens is 524 g/mol. The lowest BCUT2D eigenvalue weighted by Gasteiger charge is -2.16. The standard InChI is InChI=1S/C25H26F4N6O2S/c1-30-24(36)15-9-10-21(37-3)18(12-15)31-11-5-6-17-23(38-25(27,28)29)20-7-4-8-22(35(20)33-17)32-19-14-34(2)13-16(19)26/h4,7-10,12,16,19,31-32H,11,13-14H2,1-3H3,(H,30,36)/t16-,19+/m0/s1. The van der Waals surface area contributed by atoms with Crippen LogP contribution in [0.5, 0.6) is 5.75 Å². The van der Waals surface area contributed by atoms with E-state index >= 15 is 0 Å². The summed E-state index contributed by atoms with van der Waals surface area (Å²) in [6.45, 7) is 0.759. The van der Waals surface area contributed by atoms with Crippen LogP contribution in [0.3, 0.4) is 0 Å². The number of fused-ring (bicyclic) bond motifs is 1. The fourth-order valence-electron chi connectivity index (χ4n) is 4.13. The van der Waals surface area contributed by atoms with Crippen molar-refractivity contribution >= 4 is 34.7 Å². The van der Waals surface area contributed by atoms with Crippen LogP contribution >= 0.6 is 11.8 Å². The molecule has 0 aliphatic carbocycles. The zero-order chi connectivity index (χ0) is 27.4. The van der Waals surface area contributed by atoms with Crippen molar-refractivity contribution in [2.45, 2.75) is 22.6 Å². The number of anilines is 2. The molecule has 1 aromatic carbocycles. The van der Waals surface area contributed by atoms with E-state index in [1.807, 2.05) is 4.90 Å². The largest absolute Gasteiger partial charge is 0.495 e. The highest BCUT2D eigenvalue weighted by atomic mass is 32.2. The van der Waals surface area contributed by atoms with Gasteiger partial charge in [-0.1, -0.05) is 12.0 Å². The van der Waals surface area contributed by atoms with Gasteiger partial charge in [0.25, 0.3) is 5.91 Å². The van der Waals surface area contributed by atoms with Gasteiger partial charge < -0.3 is 25.6 Å². The van der Waals surface area contributed by atoms with Gasteiger partial charge in [-0.15, -0.1) is 0 Å². The Labute approximate surface area is 221 Å². The Morgan fingerprint density at radius 3 is 2.71 bits per heavy atom. The zero-order valence-electron chi connectivity index (χ0n) is 20.8. The number of thioether (sulfide) groups is 1. The van der Waals surface area contributed by atoms with Gasteiger partial charge in [-0.2, -0.15) is 18.3 Å². The summed E-state index contributed by atoms with van der Waals surface area (Å²) in [7, 11) is 4.79. The molecule has 0 radical (unpaired) electrons. The van der Waals surface area contributed by atoms with Gasteiger partial charge in [0.1, 0.15) is 23.4 Å². The molecule has 3 heterocycles. The topological polar surface area (TPSA) is 82.9 Å². The Hall–Kier alpha value is -3.63. The Morgan fingerprint density at radius 1 is 1.26 bits per heavy atom. The van der Waals surface area contributed by atoms with Crippen LogP contribution in [0.2, 0.25) is 0 Å². The molecule has 0 spiro atoms. The number of likely N-dealkylation sites (tertiary alicyclic amines) is 1. The number of nitrogens with one attached hydrogen (secondary N) is 3. The van der Waals surface area contributed by atoms with E-state index in [0.717, 1.165) is 0 Å². The Balaban J connectivity index is 1.62. The minimum Gasteiger partial charge on any atom is -0.495 e. The predicted molar refractivity (Wildman–Crippen MR) is 139 cm³/mol. The van der Waals surface area contributed by atoms with Crippen molar-refractivity contribution in [3.63, 3.8) is 0 Å². The van der Waals surface area contributed by atoms with Gasteiger partial charge in [0.2, 0.25) is 0 Å². The molecule has 8 nitrogen and oxygen atoms in total. The van der Waals surface area contributed by atoms with Crippen molar-refractivity contribution in [1.29, 1.82) is 0 Å². The molecule has 2 aromatic heterocycles. The summed E-state index contributed by atoms with van der Waals surface area (Å²) in [5.41, 5.74) is -3.52. The van der Waals surface area contributed by atoms with E-state index < -0.39 is 17.7 Å². The Morgan fingerprint density at radius 2 is 2.05 bits per heavy atom. The maximum Gasteiger partial charge on any atom is 0.446 e. The third-order valence-electron chi connectivity index (χ3n) is 5.86. The first kappa shape index (κ1) is 27.4.